The topological polar surface area (TPSA) is 34.1 Å². The quantitative estimate of drug-likeness (QED) is 0.301. The Morgan fingerprint density at radius 3 is 2.29 bits per heavy atom. The summed E-state index contributed by atoms with van der Waals surface area (Å²) in [5, 5.41) is -0.632. The molecule has 0 saturated carbocycles. The smallest absolute Gasteiger partial charge is 0.245 e. The van der Waals surface area contributed by atoms with Gasteiger partial charge in [0.15, 0.2) is 0 Å². The standard InChI is InChI=1S/C4H3ClO2/c5-4(7)2-1-3-6/h1-3H/b2-1+. The first-order valence-electron chi connectivity index (χ1n) is 1.58. The number of aldehydes is 1. The third-order valence-corrected chi connectivity index (χ3v) is 0.432. The van der Waals surface area contributed by atoms with Crippen LogP contribution < -0.4 is 0 Å². The summed E-state index contributed by atoms with van der Waals surface area (Å²) in [6, 6.07) is 0. The number of hydrogen-bond acceptors (Lipinski definition) is 2. The molecule has 0 fully saturated rings. The number of hydrogen-bond donors (Lipinski definition) is 0. The molecule has 0 unspecified atom stereocenters. The van der Waals surface area contributed by atoms with Crippen molar-refractivity contribution in [1.29, 1.82) is 0 Å². The van der Waals surface area contributed by atoms with E-state index < -0.39 is 5.24 Å². The first kappa shape index (κ1) is 6.37. The second kappa shape index (κ2) is 3.56. The van der Waals surface area contributed by atoms with Crippen molar-refractivity contribution in [2.24, 2.45) is 0 Å². The molecule has 0 bridgehead atoms. The molecule has 38 valence electrons. The lowest BCUT2D eigenvalue weighted by atomic mass is 10.6. The summed E-state index contributed by atoms with van der Waals surface area (Å²) in [6.07, 6.45) is 2.50. The van der Waals surface area contributed by atoms with Crippen molar-refractivity contribution in [1.82, 2.24) is 0 Å². The SMILES string of the molecule is O=C/C=C/C(=O)Cl. The van der Waals surface area contributed by atoms with Crippen molar-refractivity contribution in [3.05, 3.63) is 12.2 Å². The molecular formula is C4H3ClO2. The minimum absolute atomic E-state index is 0.486. The van der Waals surface area contributed by atoms with Crippen molar-refractivity contribution in [3.8, 4) is 0 Å². The third-order valence-electron chi connectivity index (χ3n) is 0.306. The first-order chi connectivity index (χ1) is 3.27. The van der Waals surface area contributed by atoms with Gasteiger partial charge in [-0.25, -0.2) is 0 Å². The first-order valence-corrected chi connectivity index (χ1v) is 1.96. The fraction of sp³-hybridized carbons (Fsp3) is 0. The maximum Gasteiger partial charge on any atom is 0.245 e. The van der Waals surface area contributed by atoms with E-state index in [4.69, 9.17) is 11.6 Å². The number of rotatable bonds is 2. The molecule has 7 heavy (non-hydrogen) atoms. The highest BCUT2D eigenvalue weighted by molar-refractivity contribution is 6.66. The molecule has 0 aromatic heterocycles. The van der Waals surface area contributed by atoms with Gasteiger partial charge in [0.25, 0.3) is 0 Å². The maximum absolute atomic E-state index is 9.72. The van der Waals surface area contributed by atoms with Gasteiger partial charge in [-0.15, -0.1) is 0 Å². The zero-order chi connectivity index (χ0) is 5.70. The van der Waals surface area contributed by atoms with Gasteiger partial charge in [0.1, 0.15) is 6.29 Å². The average molecular weight is 119 g/mol. The van der Waals surface area contributed by atoms with Crippen LogP contribution in [0.15, 0.2) is 12.2 Å². The molecule has 0 spiro atoms. The highest BCUT2D eigenvalue weighted by Crippen LogP contribution is 1.78. The van der Waals surface area contributed by atoms with E-state index in [-0.39, 0.29) is 0 Å². The summed E-state index contributed by atoms with van der Waals surface area (Å²) in [4.78, 5) is 19.1. The fourth-order valence-corrected chi connectivity index (χ4v) is 0.188. The molecule has 3 heteroatoms. The summed E-state index contributed by atoms with van der Waals surface area (Å²) in [5.41, 5.74) is 0. The minimum atomic E-state index is -0.632. The van der Waals surface area contributed by atoms with Crippen LogP contribution in [0.2, 0.25) is 0 Å². The van der Waals surface area contributed by atoms with E-state index in [9.17, 15) is 9.59 Å². The van der Waals surface area contributed by atoms with Crippen molar-refractivity contribution < 1.29 is 9.59 Å². The van der Waals surface area contributed by atoms with Crippen molar-refractivity contribution in [2.45, 2.75) is 0 Å². The molecule has 0 aromatic rings. The van der Waals surface area contributed by atoms with Gasteiger partial charge in [0.2, 0.25) is 5.24 Å². The van der Waals surface area contributed by atoms with Crippen molar-refractivity contribution in [3.63, 3.8) is 0 Å². The zero-order valence-electron chi connectivity index (χ0n) is 3.43. The molecule has 0 aliphatic carbocycles. The number of allylic oxidation sites excluding steroid dienone is 2. The lowest BCUT2D eigenvalue weighted by Crippen LogP contribution is -1.73. The summed E-state index contributed by atoms with van der Waals surface area (Å²) in [5.74, 6) is 0. The maximum atomic E-state index is 9.72. The van der Waals surface area contributed by atoms with Gasteiger partial charge in [0.05, 0.1) is 0 Å². The third kappa shape index (κ3) is 5.37. The number of carbonyl (C=O) groups excluding carboxylic acids is 2. The van der Waals surface area contributed by atoms with E-state index >= 15 is 0 Å². The van der Waals surface area contributed by atoms with E-state index in [1.54, 1.807) is 0 Å². The Bertz CT molecular complexity index is 106. The molecule has 0 heterocycles. The average Bonchev–Trinajstić information content (AvgIpc) is 1.61. The molecule has 0 radical (unpaired) electrons. The van der Waals surface area contributed by atoms with Crippen LogP contribution in [0.25, 0.3) is 0 Å². The Kier molecular flexibility index (Phi) is 3.24. The largest absolute Gasteiger partial charge is 0.299 e. The Balaban J connectivity index is 3.46. The van der Waals surface area contributed by atoms with Crippen LogP contribution in [0.5, 0.6) is 0 Å². The van der Waals surface area contributed by atoms with Crippen LogP contribution >= 0.6 is 11.6 Å². The molecule has 0 rings (SSSR count). The Labute approximate surface area is 45.8 Å². The summed E-state index contributed by atoms with van der Waals surface area (Å²) < 4.78 is 0. The molecule has 0 amide bonds. The molecule has 0 saturated heterocycles. The molecule has 0 aliphatic heterocycles. The number of halogens is 1. The van der Waals surface area contributed by atoms with E-state index in [0.717, 1.165) is 12.2 Å². The van der Waals surface area contributed by atoms with Gasteiger partial charge in [-0.3, -0.25) is 9.59 Å². The summed E-state index contributed by atoms with van der Waals surface area (Å²) in [6.45, 7) is 0. The van der Waals surface area contributed by atoms with Gasteiger partial charge in [0, 0.05) is 6.08 Å². The molecule has 2 nitrogen and oxygen atoms in total. The van der Waals surface area contributed by atoms with Gasteiger partial charge in [-0.1, -0.05) is 0 Å². The van der Waals surface area contributed by atoms with E-state index in [0.29, 0.717) is 6.29 Å². The van der Waals surface area contributed by atoms with Crippen LogP contribution in [0.4, 0.5) is 0 Å². The Morgan fingerprint density at radius 1 is 1.57 bits per heavy atom. The molecular weight excluding hydrogens is 115 g/mol. The molecule has 0 aromatic carbocycles. The molecule has 0 N–H and O–H groups in total. The highest BCUT2D eigenvalue weighted by Gasteiger charge is 1.79. The Morgan fingerprint density at radius 2 is 2.14 bits per heavy atom. The van der Waals surface area contributed by atoms with Crippen LogP contribution in [0.1, 0.15) is 0 Å². The summed E-state index contributed by atoms with van der Waals surface area (Å²) >= 11 is 4.77. The van der Waals surface area contributed by atoms with Gasteiger partial charge >= 0.3 is 0 Å². The summed E-state index contributed by atoms with van der Waals surface area (Å²) in [7, 11) is 0. The second-order valence-corrected chi connectivity index (χ2v) is 1.17. The predicted molar refractivity (Wildman–Crippen MR) is 26.1 cm³/mol. The zero-order valence-corrected chi connectivity index (χ0v) is 4.18. The number of carbonyl (C=O) groups is 2. The normalized spacial score (nSPS) is 9.29. The van der Waals surface area contributed by atoms with E-state index in [1.165, 1.54) is 0 Å². The van der Waals surface area contributed by atoms with Gasteiger partial charge in [-0.05, 0) is 17.7 Å². The fourth-order valence-electron chi connectivity index (χ4n) is 0.115. The highest BCUT2D eigenvalue weighted by atomic mass is 35.5. The van der Waals surface area contributed by atoms with E-state index in [2.05, 4.69) is 0 Å². The van der Waals surface area contributed by atoms with Gasteiger partial charge in [-0.2, -0.15) is 0 Å². The van der Waals surface area contributed by atoms with Crippen LogP contribution in [-0.2, 0) is 9.59 Å². The lowest BCUT2D eigenvalue weighted by molar-refractivity contribution is -0.108. The predicted octanol–water partition coefficient (Wildman–Crippen LogP) is 0.507. The van der Waals surface area contributed by atoms with Gasteiger partial charge < -0.3 is 0 Å². The van der Waals surface area contributed by atoms with E-state index in [1.807, 2.05) is 0 Å². The lowest BCUT2D eigenvalue weighted by Gasteiger charge is -1.65. The molecule has 0 aliphatic rings. The Hall–Kier alpha value is -0.630. The van der Waals surface area contributed by atoms with Crippen LogP contribution in [0, 0.1) is 0 Å². The minimum Gasteiger partial charge on any atom is -0.299 e. The van der Waals surface area contributed by atoms with Crippen molar-refractivity contribution in [2.75, 3.05) is 0 Å². The monoisotopic (exact) mass is 118 g/mol. The van der Waals surface area contributed by atoms with Crippen LogP contribution in [0.3, 0.4) is 0 Å². The second-order valence-electron chi connectivity index (χ2n) is 0.799. The van der Waals surface area contributed by atoms with Crippen molar-refractivity contribution >= 4 is 23.1 Å². The molecule has 0 atom stereocenters. The van der Waals surface area contributed by atoms with Crippen LogP contribution in [-0.4, -0.2) is 11.5 Å².